The standard InChI is InChI=1S/C19H23O2P.Li.H/c1-5-11-21-16-9-10-17(15(4)12-16)22-19(20)18-13(2)7-6-8-14(18)3;;/h6-10,12,22H,5,11H2,1-4H3;;. The van der Waals surface area contributed by atoms with Crippen LogP contribution in [0.15, 0.2) is 36.4 Å². The van der Waals surface area contributed by atoms with Gasteiger partial charge in [0.1, 0.15) is 5.75 Å². The van der Waals surface area contributed by atoms with Gasteiger partial charge in [-0.3, -0.25) is 4.79 Å². The molecule has 0 aromatic heterocycles. The molecule has 4 heteroatoms. The molecular formula is C19H24LiO2P. The number of carbonyl (C=O) groups excluding carboxylic acids is 1. The molecule has 0 heterocycles. The van der Waals surface area contributed by atoms with Crippen LogP contribution in [0.1, 0.15) is 40.4 Å². The Hall–Kier alpha value is -1.06. The molecule has 1 unspecified atom stereocenters. The Balaban J connectivity index is 0.00000264. The fourth-order valence-electron chi connectivity index (χ4n) is 2.44. The molecule has 2 nitrogen and oxygen atoms in total. The van der Waals surface area contributed by atoms with Gasteiger partial charge in [-0.2, -0.15) is 0 Å². The first kappa shape index (κ1) is 20.0. The maximum atomic E-state index is 12.6. The molecule has 0 saturated carbocycles. The summed E-state index contributed by atoms with van der Waals surface area (Å²) in [6.07, 6.45) is 0.994. The second-order valence-electron chi connectivity index (χ2n) is 5.55. The average Bonchev–Trinajstić information content (AvgIpc) is 2.47. The summed E-state index contributed by atoms with van der Waals surface area (Å²) >= 11 is 0. The van der Waals surface area contributed by atoms with Crippen molar-refractivity contribution < 1.29 is 9.53 Å². The van der Waals surface area contributed by atoms with Gasteiger partial charge in [-0.1, -0.05) is 31.2 Å². The molecular weight excluding hydrogens is 298 g/mol. The SMILES string of the molecule is CCCOc1ccc(PC(=O)c2c(C)cccc2C)c(C)c1.[LiH]. The van der Waals surface area contributed by atoms with Gasteiger partial charge in [0.2, 0.25) is 0 Å². The topological polar surface area (TPSA) is 26.3 Å². The number of hydrogen-bond acceptors (Lipinski definition) is 2. The van der Waals surface area contributed by atoms with Crippen molar-refractivity contribution in [3.05, 3.63) is 58.7 Å². The molecule has 1 atom stereocenters. The van der Waals surface area contributed by atoms with Crippen molar-refractivity contribution in [2.75, 3.05) is 6.61 Å². The molecule has 2 aromatic rings. The van der Waals surface area contributed by atoms with Crippen molar-refractivity contribution in [3.63, 3.8) is 0 Å². The summed E-state index contributed by atoms with van der Waals surface area (Å²) < 4.78 is 5.64. The molecule has 0 amide bonds. The van der Waals surface area contributed by atoms with Crippen molar-refractivity contribution in [3.8, 4) is 5.75 Å². The van der Waals surface area contributed by atoms with Crippen LogP contribution in [0.3, 0.4) is 0 Å². The first-order valence-electron chi connectivity index (χ1n) is 7.64. The number of carbonyl (C=O) groups is 1. The Labute approximate surface area is 153 Å². The third-order valence-electron chi connectivity index (χ3n) is 3.63. The van der Waals surface area contributed by atoms with Gasteiger partial charge in [-0.15, -0.1) is 0 Å². The van der Waals surface area contributed by atoms with Crippen LogP contribution in [-0.4, -0.2) is 31.0 Å². The Bertz CT molecular complexity index is 663. The third kappa shape index (κ3) is 5.22. The van der Waals surface area contributed by atoms with Crippen LogP contribution in [0.4, 0.5) is 0 Å². The van der Waals surface area contributed by atoms with E-state index in [0.29, 0.717) is 0 Å². The van der Waals surface area contributed by atoms with E-state index in [9.17, 15) is 4.79 Å². The number of benzene rings is 2. The predicted molar refractivity (Wildman–Crippen MR) is 102 cm³/mol. The van der Waals surface area contributed by atoms with Gasteiger partial charge < -0.3 is 4.74 Å². The normalized spacial score (nSPS) is 10.6. The zero-order valence-corrected chi connectivity index (χ0v) is 14.7. The minimum atomic E-state index is 0. The Morgan fingerprint density at radius 1 is 1.04 bits per heavy atom. The summed E-state index contributed by atoms with van der Waals surface area (Å²) in [4.78, 5) is 12.6. The molecule has 2 aromatic carbocycles. The van der Waals surface area contributed by atoms with Crippen molar-refractivity contribution in [2.45, 2.75) is 34.1 Å². The summed E-state index contributed by atoms with van der Waals surface area (Å²) in [7, 11) is 0.152. The Kier molecular flexibility index (Phi) is 8.07. The Morgan fingerprint density at radius 3 is 2.26 bits per heavy atom. The second kappa shape index (κ2) is 9.29. The van der Waals surface area contributed by atoms with Gasteiger partial charge in [-0.25, -0.2) is 0 Å². The fraction of sp³-hybridized carbons (Fsp3) is 0.316. The van der Waals surface area contributed by atoms with Gasteiger partial charge in [0, 0.05) is 5.56 Å². The molecule has 2 rings (SSSR count). The van der Waals surface area contributed by atoms with Crippen LogP contribution >= 0.6 is 8.58 Å². The first-order valence-corrected chi connectivity index (χ1v) is 8.64. The number of ether oxygens (including phenoxy) is 1. The van der Waals surface area contributed by atoms with Crippen molar-refractivity contribution in [1.29, 1.82) is 0 Å². The number of hydrogen-bond donors (Lipinski definition) is 0. The van der Waals surface area contributed by atoms with Gasteiger partial charge in [-0.05, 0) is 69.9 Å². The van der Waals surface area contributed by atoms with E-state index < -0.39 is 0 Å². The van der Waals surface area contributed by atoms with Gasteiger partial charge in [0.15, 0.2) is 5.52 Å². The number of rotatable bonds is 6. The van der Waals surface area contributed by atoms with Crippen LogP contribution in [0.25, 0.3) is 0 Å². The summed E-state index contributed by atoms with van der Waals surface area (Å²) in [6, 6.07) is 12.0. The van der Waals surface area contributed by atoms with Crippen molar-refractivity contribution in [1.82, 2.24) is 0 Å². The molecule has 0 aliphatic heterocycles. The zero-order chi connectivity index (χ0) is 16.1. The van der Waals surface area contributed by atoms with Gasteiger partial charge in [0.05, 0.1) is 6.61 Å². The fourth-order valence-corrected chi connectivity index (χ4v) is 3.64. The van der Waals surface area contributed by atoms with E-state index >= 15 is 0 Å². The molecule has 0 bridgehead atoms. The summed E-state index contributed by atoms with van der Waals surface area (Å²) in [5.41, 5.74) is 4.30. The van der Waals surface area contributed by atoms with E-state index in [0.717, 1.165) is 46.3 Å². The Morgan fingerprint density at radius 2 is 1.70 bits per heavy atom. The monoisotopic (exact) mass is 322 g/mol. The molecule has 0 aliphatic rings. The van der Waals surface area contributed by atoms with E-state index in [-0.39, 0.29) is 33.0 Å². The van der Waals surface area contributed by atoms with Gasteiger partial charge in [0.25, 0.3) is 0 Å². The van der Waals surface area contributed by atoms with Crippen molar-refractivity contribution in [2.24, 2.45) is 0 Å². The molecule has 0 fully saturated rings. The molecule has 0 aliphatic carbocycles. The molecule has 0 saturated heterocycles. The molecule has 23 heavy (non-hydrogen) atoms. The van der Waals surface area contributed by atoms with E-state index in [1.54, 1.807) is 0 Å². The second-order valence-corrected chi connectivity index (χ2v) is 6.79. The van der Waals surface area contributed by atoms with Gasteiger partial charge >= 0.3 is 18.9 Å². The van der Waals surface area contributed by atoms with E-state index in [1.165, 1.54) is 0 Å². The number of aryl methyl sites for hydroxylation is 3. The predicted octanol–water partition coefficient (Wildman–Crippen LogP) is 3.90. The maximum absolute atomic E-state index is 12.6. The van der Waals surface area contributed by atoms with E-state index in [2.05, 4.69) is 6.92 Å². The summed E-state index contributed by atoms with van der Waals surface area (Å²) in [5.74, 6) is 0.882. The average molecular weight is 322 g/mol. The molecule has 0 radical (unpaired) electrons. The molecule has 0 spiro atoms. The first-order chi connectivity index (χ1) is 10.5. The van der Waals surface area contributed by atoms with E-state index in [4.69, 9.17) is 4.74 Å². The van der Waals surface area contributed by atoms with Crippen molar-refractivity contribution >= 4 is 38.3 Å². The summed E-state index contributed by atoms with van der Waals surface area (Å²) in [6.45, 7) is 8.85. The van der Waals surface area contributed by atoms with E-state index in [1.807, 2.05) is 57.2 Å². The zero-order valence-electron chi connectivity index (χ0n) is 13.7. The summed E-state index contributed by atoms with van der Waals surface area (Å²) in [5, 5.41) is 1.09. The molecule has 0 N–H and O–H groups in total. The van der Waals surface area contributed by atoms with Crippen LogP contribution in [0.2, 0.25) is 0 Å². The van der Waals surface area contributed by atoms with Crippen LogP contribution in [0.5, 0.6) is 5.75 Å². The molecule has 118 valence electrons. The minimum absolute atomic E-state index is 0. The quantitative estimate of drug-likeness (QED) is 0.596. The van der Waals surface area contributed by atoms with Crippen LogP contribution in [-0.2, 0) is 0 Å². The third-order valence-corrected chi connectivity index (χ3v) is 4.93. The van der Waals surface area contributed by atoms with Crippen LogP contribution < -0.4 is 10.0 Å². The van der Waals surface area contributed by atoms with Crippen LogP contribution in [0, 0.1) is 20.8 Å².